The van der Waals surface area contributed by atoms with E-state index in [1.165, 1.54) is 42.5 Å². The molecule has 0 aromatic heterocycles. The molecule has 6 heteroatoms. The molecule has 0 unspecified atom stereocenters. The third-order valence-corrected chi connectivity index (χ3v) is 2.99. The molecule has 2 aromatic rings. The van der Waals surface area contributed by atoms with E-state index < -0.39 is 10.8 Å². The van der Waals surface area contributed by atoms with E-state index in [9.17, 15) is 19.7 Å². The van der Waals surface area contributed by atoms with E-state index in [4.69, 9.17) is 5.73 Å². The molecular formula is C16H12N2O4. The van der Waals surface area contributed by atoms with Gasteiger partial charge in [0.1, 0.15) is 0 Å². The first-order valence-electron chi connectivity index (χ1n) is 6.34. The Labute approximate surface area is 126 Å². The van der Waals surface area contributed by atoms with Gasteiger partial charge >= 0.3 is 0 Å². The number of primary amides is 1. The van der Waals surface area contributed by atoms with Crippen LogP contribution in [0.2, 0.25) is 0 Å². The van der Waals surface area contributed by atoms with Crippen molar-refractivity contribution in [3.05, 3.63) is 81.4 Å². The number of nitro benzene ring substituents is 1. The molecule has 0 radical (unpaired) electrons. The molecule has 22 heavy (non-hydrogen) atoms. The number of carbonyl (C=O) groups is 2. The Balaban J connectivity index is 2.10. The lowest BCUT2D eigenvalue weighted by molar-refractivity contribution is -0.384. The third-order valence-electron chi connectivity index (χ3n) is 2.99. The maximum absolute atomic E-state index is 12.0. The number of nitrogens with two attached hydrogens (primary N) is 1. The highest BCUT2D eigenvalue weighted by Crippen LogP contribution is 2.13. The summed E-state index contributed by atoms with van der Waals surface area (Å²) in [6, 6.07) is 11.8. The van der Waals surface area contributed by atoms with Crippen LogP contribution in [0.5, 0.6) is 0 Å². The van der Waals surface area contributed by atoms with Crippen molar-refractivity contribution in [1.29, 1.82) is 0 Å². The van der Waals surface area contributed by atoms with E-state index in [0.717, 1.165) is 0 Å². The SMILES string of the molecule is NC(=O)c1ccc(C(=O)/C=C/c2ccc([N+](=O)[O-])cc2)cc1. The molecule has 2 aromatic carbocycles. The number of amides is 1. The quantitative estimate of drug-likeness (QED) is 0.396. The standard InChI is InChI=1S/C16H12N2O4/c17-16(20)13-6-4-12(5-7-13)15(19)10-3-11-1-8-14(9-2-11)18(21)22/h1-10H,(H2,17,20)/b10-3+. The smallest absolute Gasteiger partial charge is 0.269 e. The lowest BCUT2D eigenvalue weighted by atomic mass is 10.1. The number of benzene rings is 2. The molecule has 0 saturated carbocycles. The highest BCUT2D eigenvalue weighted by molar-refractivity contribution is 6.07. The Kier molecular flexibility index (Phi) is 4.43. The lowest BCUT2D eigenvalue weighted by Crippen LogP contribution is -2.10. The minimum absolute atomic E-state index is 0.00878. The first-order valence-corrected chi connectivity index (χ1v) is 6.34. The van der Waals surface area contributed by atoms with Crippen LogP contribution in [-0.4, -0.2) is 16.6 Å². The Bertz CT molecular complexity index is 747. The van der Waals surface area contributed by atoms with Crippen LogP contribution in [0.4, 0.5) is 5.69 Å². The average molecular weight is 296 g/mol. The molecule has 6 nitrogen and oxygen atoms in total. The van der Waals surface area contributed by atoms with Gasteiger partial charge in [-0.05, 0) is 35.9 Å². The zero-order chi connectivity index (χ0) is 16.1. The second-order valence-corrected chi connectivity index (χ2v) is 4.49. The number of nitrogens with zero attached hydrogens (tertiary/aromatic N) is 1. The number of rotatable bonds is 5. The van der Waals surface area contributed by atoms with E-state index in [-0.39, 0.29) is 11.5 Å². The molecule has 0 bridgehead atoms. The molecule has 0 aliphatic rings. The molecule has 2 rings (SSSR count). The van der Waals surface area contributed by atoms with Crippen LogP contribution in [-0.2, 0) is 0 Å². The summed E-state index contributed by atoms with van der Waals surface area (Å²) < 4.78 is 0. The van der Waals surface area contributed by atoms with Gasteiger partial charge in [-0.25, -0.2) is 0 Å². The van der Waals surface area contributed by atoms with Gasteiger partial charge in [-0.3, -0.25) is 19.7 Å². The summed E-state index contributed by atoms with van der Waals surface area (Å²) in [5.41, 5.74) is 6.54. The summed E-state index contributed by atoms with van der Waals surface area (Å²) in [5, 5.41) is 10.5. The first kappa shape index (κ1) is 15.1. The van der Waals surface area contributed by atoms with Crippen molar-refractivity contribution in [2.45, 2.75) is 0 Å². The summed E-state index contributed by atoms with van der Waals surface area (Å²) in [7, 11) is 0. The average Bonchev–Trinajstić information content (AvgIpc) is 2.53. The molecule has 0 heterocycles. The van der Waals surface area contributed by atoms with Crippen molar-refractivity contribution in [3.8, 4) is 0 Å². The van der Waals surface area contributed by atoms with Crippen molar-refractivity contribution in [3.63, 3.8) is 0 Å². The molecule has 1 amide bonds. The minimum Gasteiger partial charge on any atom is -0.366 e. The van der Waals surface area contributed by atoms with E-state index in [2.05, 4.69) is 0 Å². The first-order chi connectivity index (χ1) is 10.5. The number of hydrogen-bond donors (Lipinski definition) is 1. The van der Waals surface area contributed by atoms with E-state index >= 15 is 0 Å². The summed E-state index contributed by atoms with van der Waals surface area (Å²) in [5.74, 6) is -0.796. The molecule has 0 atom stereocenters. The van der Waals surface area contributed by atoms with Crippen LogP contribution in [0.25, 0.3) is 6.08 Å². The molecule has 0 spiro atoms. The van der Waals surface area contributed by atoms with Crippen LogP contribution >= 0.6 is 0 Å². The van der Waals surface area contributed by atoms with Gasteiger partial charge in [-0.2, -0.15) is 0 Å². The van der Waals surface area contributed by atoms with Crippen molar-refractivity contribution in [2.24, 2.45) is 5.73 Å². The molecule has 2 N–H and O–H groups in total. The fraction of sp³-hybridized carbons (Fsp3) is 0. The van der Waals surface area contributed by atoms with Gasteiger partial charge in [0.05, 0.1) is 4.92 Å². The van der Waals surface area contributed by atoms with E-state index in [0.29, 0.717) is 16.7 Å². The summed E-state index contributed by atoms with van der Waals surface area (Å²) >= 11 is 0. The fourth-order valence-corrected chi connectivity index (χ4v) is 1.77. The minimum atomic E-state index is -0.555. The molecule has 110 valence electrons. The zero-order valence-corrected chi connectivity index (χ0v) is 11.4. The van der Waals surface area contributed by atoms with Gasteiger partial charge in [0, 0.05) is 23.3 Å². The summed E-state index contributed by atoms with van der Waals surface area (Å²) in [6.45, 7) is 0. The summed E-state index contributed by atoms with van der Waals surface area (Å²) in [4.78, 5) is 33.0. The molecular weight excluding hydrogens is 284 g/mol. The summed E-state index contributed by atoms with van der Waals surface area (Å²) in [6.07, 6.45) is 2.93. The molecule has 0 aliphatic carbocycles. The van der Waals surface area contributed by atoms with Crippen LogP contribution in [0.1, 0.15) is 26.3 Å². The number of hydrogen-bond acceptors (Lipinski definition) is 4. The topological polar surface area (TPSA) is 103 Å². The Morgan fingerprint density at radius 2 is 1.50 bits per heavy atom. The number of allylic oxidation sites excluding steroid dienone is 1. The lowest BCUT2D eigenvalue weighted by Gasteiger charge is -1.98. The van der Waals surface area contributed by atoms with Crippen molar-refractivity contribution in [2.75, 3.05) is 0 Å². The maximum Gasteiger partial charge on any atom is 0.269 e. The van der Waals surface area contributed by atoms with Gasteiger partial charge in [-0.15, -0.1) is 0 Å². The second-order valence-electron chi connectivity index (χ2n) is 4.49. The monoisotopic (exact) mass is 296 g/mol. The molecule has 0 fully saturated rings. The Hall–Kier alpha value is -3.28. The Morgan fingerprint density at radius 3 is 2.00 bits per heavy atom. The highest BCUT2D eigenvalue weighted by Gasteiger charge is 2.05. The fourth-order valence-electron chi connectivity index (χ4n) is 1.77. The van der Waals surface area contributed by atoms with E-state index in [1.54, 1.807) is 18.2 Å². The van der Waals surface area contributed by atoms with Crippen LogP contribution in [0.3, 0.4) is 0 Å². The van der Waals surface area contributed by atoms with Gasteiger partial charge in [0.15, 0.2) is 5.78 Å². The van der Waals surface area contributed by atoms with Gasteiger partial charge < -0.3 is 5.73 Å². The van der Waals surface area contributed by atoms with Crippen molar-refractivity contribution < 1.29 is 14.5 Å². The number of ketones is 1. The largest absolute Gasteiger partial charge is 0.366 e. The van der Waals surface area contributed by atoms with Gasteiger partial charge in [0.25, 0.3) is 5.69 Å². The van der Waals surface area contributed by atoms with E-state index in [1.807, 2.05) is 0 Å². The van der Waals surface area contributed by atoms with Crippen molar-refractivity contribution in [1.82, 2.24) is 0 Å². The van der Waals surface area contributed by atoms with Gasteiger partial charge in [-0.1, -0.05) is 18.2 Å². The Morgan fingerprint density at radius 1 is 0.955 bits per heavy atom. The van der Waals surface area contributed by atoms with Crippen LogP contribution in [0.15, 0.2) is 54.6 Å². The molecule has 0 aliphatic heterocycles. The zero-order valence-electron chi connectivity index (χ0n) is 11.4. The van der Waals surface area contributed by atoms with Gasteiger partial charge in [0.2, 0.25) is 5.91 Å². The number of nitro groups is 1. The molecule has 0 saturated heterocycles. The third kappa shape index (κ3) is 3.63. The van der Waals surface area contributed by atoms with Crippen molar-refractivity contribution >= 4 is 23.5 Å². The predicted octanol–water partition coefficient (Wildman–Crippen LogP) is 2.59. The van der Waals surface area contributed by atoms with Crippen LogP contribution in [0, 0.1) is 10.1 Å². The maximum atomic E-state index is 12.0. The highest BCUT2D eigenvalue weighted by atomic mass is 16.6. The second kappa shape index (κ2) is 6.45. The normalized spacial score (nSPS) is 10.5. The number of carbonyl (C=O) groups excluding carboxylic acids is 2. The van der Waals surface area contributed by atoms with Crippen LogP contribution < -0.4 is 5.73 Å². The number of non-ortho nitro benzene ring substituents is 1. The predicted molar refractivity (Wildman–Crippen MR) is 81.4 cm³/mol.